The van der Waals surface area contributed by atoms with E-state index in [2.05, 4.69) is 20.3 Å². The predicted molar refractivity (Wildman–Crippen MR) is 131 cm³/mol. The van der Waals surface area contributed by atoms with Gasteiger partial charge in [-0.3, -0.25) is 9.71 Å². The number of nitrogens with one attached hydrogen (secondary N) is 3. The molecule has 0 radical (unpaired) electrons. The molecule has 3 N–H and O–H groups in total. The lowest BCUT2D eigenvalue weighted by Gasteiger charge is -2.12. The number of guanidine groups is 1. The summed E-state index contributed by atoms with van der Waals surface area (Å²) in [4.78, 5) is 4.40. The average Bonchev–Trinajstić information content (AvgIpc) is 3.20. The van der Waals surface area contributed by atoms with E-state index in [1.807, 2.05) is 19.1 Å². The van der Waals surface area contributed by atoms with E-state index in [9.17, 15) is 12.8 Å². The number of sulfonamides is 1. The van der Waals surface area contributed by atoms with Crippen LogP contribution in [0.5, 0.6) is 0 Å². The first-order valence-electron chi connectivity index (χ1n) is 9.78. The van der Waals surface area contributed by atoms with Crippen LogP contribution in [0.3, 0.4) is 0 Å². The Balaban J connectivity index is 0.00000480. The van der Waals surface area contributed by atoms with Crippen LogP contribution in [0.15, 0.2) is 46.0 Å². The molecule has 174 valence electrons. The minimum Gasteiger partial charge on any atom is -0.467 e. The van der Waals surface area contributed by atoms with Crippen molar-refractivity contribution in [3.63, 3.8) is 0 Å². The molecule has 0 aliphatic rings. The first kappa shape index (κ1) is 27.2. The molecule has 0 aliphatic heterocycles. The van der Waals surface area contributed by atoms with Gasteiger partial charge in [0, 0.05) is 26.2 Å². The fourth-order valence-electron chi connectivity index (χ4n) is 2.46. The van der Waals surface area contributed by atoms with Crippen molar-refractivity contribution in [2.45, 2.75) is 26.9 Å². The van der Waals surface area contributed by atoms with Crippen LogP contribution in [-0.2, 0) is 21.4 Å². The number of halogens is 2. The summed E-state index contributed by atoms with van der Waals surface area (Å²) in [6.07, 6.45) is 2.32. The van der Waals surface area contributed by atoms with Gasteiger partial charge in [0.2, 0.25) is 10.0 Å². The number of hydrogen-bond donors (Lipinski definition) is 3. The summed E-state index contributed by atoms with van der Waals surface area (Å²) in [5, 5.41) is 6.05. The van der Waals surface area contributed by atoms with Gasteiger partial charge in [-0.05, 0) is 50.1 Å². The van der Waals surface area contributed by atoms with Crippen LogP contribution >= 0.6 is 24.0 Å². The summed E-state index contributed by atoms with van der Waals surface area (Å²) >= 11 is 0. The summed E-state index contributed by atoms with van der Waals surface area (Å²) in [6.45, 7) is 5.83. The number of ether oxygens (including phenoxy) is 1. The molecule has 31 heavy (non-hydrogen) atoms. The summed E-state index contributed by atoms with van der Waals surface area (Å²) in [6, 6.07) is 7.89. The first-order chi connectivity index (χ1) is 14.4. The highest BCUT2D eigenvalue weighted by Crippen LogP contribution is 2.14. The van der Waals surface area contributed by atoms with Crippen LogP contribution in [0.1, 0.15) is 24.7 Å². The van der Waals surface area contributed by atoms with Crippen molar-refractivity contribution in [1.29, 1.82) is 0 Å². The zero-order valence-electron chi connectivity index (χ0n) is 17.7. The van der Waals surface area contributed by atoms with Crippen LogP contribution in [-0.4, -0.2) is 46.4 Å². The van der Waals surface area contributed by atoms with E-state index in [0.717, 1.165) is 12.2 Å². The highest BCUT2D eigenvalue weighted by Gasteiger charge is 2.12. The summed E-state index contributed by atoms with van der Waals surface area (Å²) in [5.41, 5.74) is 0.658. The number of aryl methyl sites for hydroxylation is 1. The third-order valence-corrected chi connectivity index (χ3v) is 5.28. The Bertz CT molecular complexity index is 908. The lowest BCUT2D eigenvalue weighted by atomic mass is 10.2. The normalized spacial score (nSPS) is 11.6. The molecule has 0 amide bonds. The average molecular weight is 568 g/mol. The maximum absolute atomic E-state index is 13.6. The van der Waals surface area contributed by atoms with Crippen molar-refractivity contribution in [2.24, 2.45) is 4.99 Å². The monoisotopic (exact) mass is 568 g/mol. The zero-order valence-corrected chi connectivity index (χ0v) is 20.8. The Hall–Kier alpha value is -1.86. The van der Waals surface area contributed by atoms with Crippen molar-refractivity contribution in [2.75, 3.05) is 36.7 Å². The van der Waals surface area contributed by atoms with Gasteiger partial charge in [0.25, 0.3) is 0 Å². The van der Waals surface area contributed by atoms with Crippen LogP contribution in [0.2, 0.25) is 0 Å². The number of furan rings is 1. The zero-order chi connectivity index (χ0) is 21.8. The van der Waals surface area contributed by atoms with Gasteiger partial charge in [0.15, 0.2) is 5.96 Å². The van der Waals surface area contributed by atoms with Crippen LogP contribution in [0.4, 0.5) is 10.1 Å². The maximum Gasteiger partial charge on any atom is 0.234 e. The minimum atomic E-state index is -3.62. The maximum atomic E-state index is 13.6. The summed E-state index contributed by atoms with van der Waals surface area (Å²) in [5.74, 6) is 0.666. The van der Waals surface area contributed by atoms with Crippen LogP contribution < -0.4 is 15.4 Å². The van der Waals surface area contributed by atoms with E-state index in [0.29, 0.717) is 37.8 Å². The molecule has 0 aliphatic carbocycles. The van der Waals surface area contributed by atoms with Gasteiger partial charge < -0.3 is 19.8 Å². The second-order valence-corrected chi connectivity index (χ2v) is 8.40. The fraction of sp³-hybridized carbons (Fsp3) is 0.450. The van der Waals surface area contributed by atoms with Gasteiger partial charge in [-0.15, -0.1) is 24.0 Å². The molecule has 1 heterocycles. The lowest BCUT2D eigenvalue weighted by molar-refractivity contribution is 0.105. The van der Waals surface area contributed by atoms with E-state index in [1.165, 1.54) is 18.2 Å². The van der Waals surface area contributed by atoms with E-state index >= 15 is 0 Å². The largest absolute Gasteiger partial charge is 0.467 e. The van der Waals surface area contributed by atoms with Crippen molar-refractivity contribution < 1.29 is 22.0 Å². The molecule has 2 rings (SSSR count). The highest BCUT2D eigenvalue weighted by molar-refractivity contribution is 14.0. The smallest absolute Gasteiger partial charge is 0.234 e. The molecule has 0 atom stereocenters. The number of benzene rings is 1. The third-order valence-electron chi connectivity index (χ3n) is 3.99. The number of anilines is 1. The molecule has 8 nitrogen and oxygen atoms in total. The van der Waals surface area contributed by atoms with Gasteiger partial charge in [0.1, 0.15) is 18.2 Å². The summed E-state index contributed by atoms with van der Waals surface area (Å²) < 4.78 is 51.1. The predicted octanol–water partition coefficient (Wildman–Crippen LogP) is 3.25. The van der Waals surface area contributed by atoms with E-state index < -0.39 is 15.8 Å². The number of nitrogens with zero attached hydrogens (tertiary/aromatic N) is 1. The second-order valence-electron chi connectivity index (χ2n) is 6.56. The molecule has 2 aromatic rings. The number of aliphatic imine (C=N–C) groups is 1. The van der Waals surface area contributed by atoms with Gasteiger partial charge in [0.05, 0.1) is 17.7 Å². The van der Waals surface area contributed by atoms with Gasteiger partial charge in [-0.1, -0.05) is 6.07 Å². The standard InChI is InChI=1S/C20H29FN4O4S.HI/c1-3-22-20(23-9-5-11-28-15-18-6-4-12-29-18)24-10-13-30(26,27)25-17-8-7-16(2)19(21)14-17;/h4,6-8,12,14,25H,3,5,9-11,13,15H2,1-2H3,(H2,22,23,24);1H. The Morgan fingerprint density at radius 2 is 2.06 bits per heavy atom. The van der Waals surface area contributed by atoms with E-state index in [-0.39, 0.29) is 42.0 Å². The SMILES string of the molecule is CCNC(=NCCCOCc1ccco1)NCCS(=O)(=O)Nc1ccc(C)c(F)c1.I. The Kier molecular flexibility index (Phi) is 12.5. The molecule has 11 heteroatoms. The molecule has 1 aromatic heterocycles. The van der Waals surface area contributed by atoms with Crippen molar-refractivity contribution in [3.05, 3.63) is 53.7 Å². The molecule has 0 bridgehead atoms. The molecule has 0 fully saturated rings. The van der Waals surface area contributed by atoms with E-state index in [1.54, 1.807) is 13.2 Å². The quantitative estimate of drug-likeness (QED) is 0.157. The lowest BCUT2D eigenvalue weighted by Crippen LogP contribution is -2.40. The van der Waals surface area contributed by atoms with Gasteiger partial charge >= 0.3 is 0 Å². The second kappa shape index (κ2) is 14.2. The van der Waals surface area contributed by atoms with E-state index in [4.69, 9.17) is 9.15 Å². The minimum absolute atomic E-state index is 0. The summed E-state index contributed by atoms with van der Waals surface area (Å²) in [7, 11) is -3.62. The first-order valence-corrected chi connectivity index (χ1v) is 11.4. The molecule has 0 saturated carbocycles. The molecule has 0 unspecified atom stereocenters. The van der Waals surface area contributed by atoms with Crippen molar-refractivity contribution in [1.82, 2.24) is 10.6 Å². The van der Waals surface area contributed by atoms with Crippen molar-refractivity contribution >= 4 is 45.6 Å². The third kappa shape index (κ3) is 10.8. The molecular formula is C20H30FIN4O4S. The number of rotatable bonds is 12. The van der Waals surface area contributed by atoms with Crippen LogP contribution in [0.25, 0.3) is 0 Å². The Labute approximate surface area is 200 Å². The molecule has 0 saturated heterocycles. The highest BCUT2D eigenvalue weighted by atomic mass is 127. The Morgan fingerprint density at radius 1 is 1.26 bits per heavy atom. The molecule has 1 aromatic carbocycles. The van der Waals surface area contributed by atoms with Gasteiger partial charge in [-0.2, -0.15) is 0 Å². The van der Waals surface area contributed by atoms with Gasteiger partial charge in [-0.25, -0.2) is 12.8 Å². The Morgan fingerprint density at radius 3 is 2.74 bits per heavy atom. The molecular weight excluding hydrogens is 538 g/mol. The van der Waals surface area contributed by atoms with Crippen LogP contribution in [0, 0.1) is 12.7 Å². The van der Waals surface area contributed by atoms with Crippen molar-refractivity contribution in [3.8, 4) is 0 Å². The number of hydrogen-bond acceptors (Lipinski definition) is 5. The molecule has 0 spiro atoms. The topological polar surface area (TPSA) is 105 Å². The fourth-order valence-corrected chi connectivity index (χ4v) is 3.42.